The molecule has 1 atom stereocenters. The number of aliphatic carboxylic acids is 1. The van der Waals surface area contributed by atoms with Crippen molar-refractivity contribution in [3.63, 3.8) is 0 Å². The van der Waals surface area contributed by atoms with Crippen molar-refractivity contribution < 1.29 is 18.3 Å². The number of nitrogen functional groups attached to an aromatic ring is 1. The van der Waals surface area contributed by atoms with Gasteiger partial charge in [0.1, 0.15) is 6.04 Å². The van der Waals surface area contributed by atoms with Crippen LogP contribution >= 0.6 is 11.8 Å². The van der Waals surface area contributed by atoms with E-state index in [0.29, 0.717) is 12.1 Å². The summed E-state index contributed by atoms with van der Waals surface area (Å²) in [6.07, 6.45) is 2.48. The van der Waals surface area contributed by atoms with Crippen LogP contribution in [0.4, 0.5) is 5.69 Å². The number of rotatable bonds is 5. The molecule has 0 spiro atoms. The van der Waals surface area contributed by atoms with E-state index in [1.54, 1.807) is 11.8 Å². The molecule has 7 N–H and O–H groups in total. The van der Waals surface area contributed by atoms with Crippen molar-refractivity contribution in [3.8, 4) is 0 Å². The number of carboxylic acids is 1. The molecule has 1 rings (SSSR count). The smallest absolute Gasteiger partial charge is 0.320 e. The zero-order chi connectivity index (χ0) is 15.8. The van der Waals surface area contributed by atoms with Crippen molar-refractivity contribution in [3.05, 3.63) is 24.3 Å². The summed E-state index contributed by atoms with van der Waals surface area (Å²) in [6.45, 7) is 0. The van der Waals surface area contributed by atoms with Crippen LogP contribution in [0.25, 0.3) is 0 Å². The molecule has 0 bridgehead atoms. The van der Waals surface area contributed by atoms with E-state index >= 15 is 0 Å². The molecule has 0 fully saturated rings. The molecule has 114 valence electrons. The zero-order valence-electron chi connectivity index (χ0n) is 11.0. The van der Waals surface area contributed by atoms with Crippen LogP contribution < -0.4 is 16.6 Å². The second-order valence-corrected chi connectivity index (χ2v) is 6.39. The third kappa shape index (κ3) is 8.00. The number of anilines is 1. The highest BCUT2D eigenvalue weighted by atomic mass is 32.2. The van der Waals surface area contributed by atoms with Crippen LogP contribution in [-0.2, 0) is 14.8 Å². The molecule has 0 aliphatic rings. The monoisotopic (exact) mass is 321 g/mol. The molecule has 0 heterocycles. The van der Waals surface area contributed by atoms with Crippen molar-refractivity contribution >= 4 is 33.4 Å². The molecule has 1 unspecified atom stereocenters. The number of thioether (sulfide) groups is 1. The van der Waals surface area contributed by atoms with Crippen molar-refractivity contribution in [1.82, 2.24) is 0 Å². The number of sulfonamides is 1. The fourth-order valence-electron chi connectivity index (χ4n) is 1.03. The summed E-state index contributed by atoms with van der Waals surface area (Å²) >= 11 is 1.60. The molecular formula is C11H19N3O4S2. The first kappa shape index (κ1) is 18.7. The molecule has 1 aromatic carbocycles. The summed E-state index contributed by atoms with van der Waals surface area (Å²) in [4.78, 5) is 10.1. The second-order valence-electron chi connectivity index (χ2n) is 3.84. The van der Waals surface area contributed by atoms with Gasteiger partial charge in [0, 0.05) is 5.69 Å². The van der Waals surface area contributed by atoms with Crippen molar-refractivity contribution in [2.75, 3.05) is 17.7 Å². The third-order valence-electron chi connectivity index (χ3n) is 2.16. The molecule has 1 aromatic rings. The molecular weight excluding hydrogens is 302 g/mol. The molecule has 0 saturated carbocycles. The number of hydrogen-bond acceptors (Lipinski definition) is 6. The number of nitrogens with two attached hydrogens (primary N) is 3. The Bertz CT molecular complexity index is 517. The van der Waals surface area contributed by atoms with Gasteiger partial charge in [-0.1, -0.05) is 0 Å². The maximum Gasteiger partial charge on any atom is 0.320 e. The molecule has 0 aliphatic heterocycles. The summed E-state index contributed by atoms with van der Waals surface area (Å²) < 4.78 is 21.4. The van der Waals surface area contributed by atoms with Gasteiger partial charge in [0.15, 0.2) is 0 Å². The predicted octanol–water partition coefficient (Wildman–Crippen LogP) is 0.0676. The van der Waals surface area contributed by atoms with Gasteiger partial charge in [-0.3, -0.25) is 4.79 Å². The molecule has 7 nitrogen and oxygen atoms in total. The molecule has 0 aliphatic carbocycles. The predicted molar refractivity (Wildman–Crippen MR) is 80.8 cm³/mol. The first-order chi connectivity index (χ1) is 9.18. The Labute approximate surface area is 122 Å². The highest BCUT2D eigenvalue weighted by molar-refractivity contribution is 7.98. The minimum atomic E-state index is -3.58. The minimum absolute atomic E-state index is 0.0756. The number of primary sulfonamides is 1. The zero-order valence-corrected chi connectivity index (χ0v) is 12.7. The molecule has 0 saturated heterocycles. The average Bonchev–Trinajstić information content (AvgIpc) is 2.36. The Balaban J connectivity index is 0.000000370. The van der Waals surface area contributed by atoms with Crippen LogP contribution in [0.3, 0.4) is 0 Å². The van der Waals surface area contributed by atoms with Gasteiger partial charge in [-0.25, -0.2) is 13.6 Å². The lowest BCUT2D eigenvalue weighted by Crippen LogP contribution is -2.30. The van der Waals surface area contributed by atoms with E-state index in [-0.39, 0.29) is 4.90 Å². The SMILES string of the molecule is CSCCC(N)C(=O)O.Nc1ccc(S(N)(=O)=O)cc1. The Morgan fingerprint density at radius 1 is 1.35 bits per heavy atom. The van der Waals surface area contributed by atoms with Gasteiger partial charge < -0.3 is 16.6 Å². The maximum absolute atomic E-state index is 10.7. The van der Waals surface area contributed by atoms with Crippen molar-refractivity contribution in [2.45, 2.75) is 17.4 Å². The highest BCUT2D eigenvalue weighted by Gasteiger charge is 2.09. The Kier molecular flexibility index (Phi) is 8.23. The lowest BCUT2D eigenvalue weighted by atomic mass is 10.2. The second kappa shape index (κ2) is 8.80. The van der Waals surface area contributed by atoms with Crippen LogP contribution in [0.2, 0.25) is 0 Å². The Hall–Kier alpha value is -1.29. The summed E-state index contributed by atoms with van der Waals surface area (Å²) in [5.74, 6) is -0.1000. The van der Waals surface area contributed by atoms with E-state index in [4.69, 9.17) is 21.7 Å². The topological polar surface area (TPSA) is 150 Å². The summed E-state index contributed by atoms with van der Waals surface area (Å²) in [6, 6.07) is 5.02. The molecule has 20 heavy (non-hydrogen) atoms. The fourth-order valence-corrected chi connectivity index (χ4v) is 2.03. The van der Waals surface area contributed by atoms with Crippen LogP contribution in [0, 0.1) is 0 Å². The van der Waals surface area contributed by atoms with Crippen LogP contribution in [0.1, 0.15) is 6.42 Å². The lowest BCUT2D eigenvalue weighted by molar-refractivity contribution is -0.138. The number of carboxylic acid groups (broad SMARTS) is 1. The van der Waals surface area contributed by atoms with E-state index in [9.17, 15) is 13.2 Å². The first-order valence-electron chi connectivity index (χ1n) is 5.54. The van der Waals surface area contributed by atoms with Gasteiger partial charge in [-0.2, -0.15) is 11.8 Å². The van der Waals surface area contributed by atoms with E-state index < -0.39 is 22.0 Å². The molecule has 9 heteroatoms. The van der Waals surface area contributed by atoms with Crippen molar-refractivity contribution in [2.24, 2.45) is 10.9 Å². The largest absolute Gasteiger partial charge is 0.480 e. The fraction of sp³-hybridized carbons (Fsp3) is 0.364. The van der Waals surface area contributed by atoms with E-state index in [1.807, 2.05) is 6.26 Å². The van der Waals surface area contributed by atoms with Crippen LogP contribution in [0.15, 0.2) is 29.2 Å². The summed E-state index contributed by atoms with van der Waals surface area (Å²) in [5.41, 5.74) is 11.0. The van der Waals surface area contributed by atoms with Gasteiger partial charge in [0.2, 0.25) is 10.0 Å². The lowest BCUT2D eigenvalue weighted by Gasteiger charge is -2.02. The van der Waals surface area contributed by atoms with Gasteiger partial charge in [0.25, 0.3) is 0 Å². The molecule has 0 amide bonds. The summed E-state index contributed by atoms with van der Waals surface area (Å²) in [5, 5.41) is 13.1. The summed E-state index contributed by atoms with van der Waals surface area (Å²) in [7, 11) is -3.58. The van der Waals surface area contributed by atoms with E-state index in [1.165, 1.54) is 24.3 Å². The standard InChI is InChI=1S/C6H8N2O2S.C5H11NO2S/c7-5-1-3-6(4-2-5)11(8,9)10;1-9-3-2-4(6)5(7)8/h1-4H,7H2,(H2,8,9,10);4H,2-3,6H2,1H3,(H,7,8). The number of hydrogen-bond donors (Lipinski definition) is 4. The normalized spacial score (nSPS) is 12.2. The van der Waals surface area contributed by atoms with Crippen molar-refractivity contribution in [1.29, 1.82) is 0 Å². The highest BCUT2D eigenvalue weighted by Crippen LogP contribution is 2.08. The number of carbonyl (C=O) groups is 1. The van der Waals surface area contributed by atoms with Gasteiger partial charge in [-0.05, 0) is 42.7 Å². The maximum atomic E-state index is 10.7. The van der Waals surface area contributed by atoms with Gasteiger partial charge >= 0.3 is 5.97 Å². The van der Waals surface area contributed by atoms with Gasteiger partial charge in [0.05, 0.1) is 4.90 Å². The number of benzene rings is 1. The first-order valence-corrected chi connectivity index (χ1v) is 8.48. The van der Waals surface area contributed by atoms with Gasteiger partial charge in [-0.15, -0.1) is 0 Å². The Morgan fingerprint density at radius 2 is 1.85 bits per heavy atom. The minimum Gasteiger partial charge on any atom is -0.480 e. The van der Waals surface area contributed by atoms with Crippen LogP contribution in [0.5, 0.6) is 0 Å². The van der Waals surface area contributed by atoms with E-state index in [0.717, 1.165) is 5.75 Å². The Morgan fingerprint density at radius 3 is 2.20 bits per heavy atom. The van der Waals surface area contributed by atoms with E-state index in [2.05, 4.69) is 0 Å². The van der Waals surface area contributed by atoms with Crippen LogP contribution in [-0.4, -0.2) is 37.5 Å². The average molecular weight is 321 g/mol. The molecule has 0 aromatic heterocycles. The quantitative estimate of drug-likeness (QED) is 0.560. The third-order valence-corrected chi connectivity index (χ3v) is 3.73. The molecule has 0 radical (unpaired) electrons.